The second kappa shape index (κ2) is 15.9. The van der Waals surface area contributed by atoms with Crippen molar-refractivity contribution in [3.8, 4) is 11.5 Å². The predicted molar refractivity (Wildman–Crippen MR) is 154 cm³/mol. The zero-order valence-electron chi connectivity index (χ0n) is 22.4. The van der Waals surface area contributed by atoms with Crippen LogP contribution in [0.5, 0.6) is 11.5 Å². The van der Waals surface area contributed by atoms with Crippen LogP contribution in [-0.2, 0) is 26.1 Å². The van der Waals surface area contributed by atoms with E-state index in [-0.39, 0.29) is 24.4 Å². The maximum atomic E-state index is 12.5. The molecule has 0 spiro atoms. The summed E-state index contributed by atoms with van der Waals surface area (Å²) < 4.78 is 36.3. The number of carbonyl (C=O) groups excluding carboxylic acids is 1. The highest BCUT2D eigenvalue weighted by Gasteiger charge is 2.25. The van der Waals surface area contributed by atoms with Crippen molar-refractivity contribution in [2.45, 2.75) is 51.2 Å². The second-order valence-electron chi connectivity index (χ2n) is 9.51. The number of halogens is 1. The lowest BCUT2D eigenvalue weighted by Gasteiger charge is -2.34. The molecule has 1 heterocycles. The molecule has 212 valence electrons. The standard InChI is InChI=1S/C27H40N4O5S.ClH/c1-4-5-16-28-27(32)26(20-35-2)29-22-14-17-31(18-15-22)19-21-6-10-24(11-7-21)36-25-12-8-23(9-13-25)30-37(3,33)34;/h6-13,22,26,29-30H,4-5,14-20H2,1-3H3,(H,28,32);1H. The number of nitrogens with zero attached hydrogens (tertiary/aromatic N) is 1. The Labute approximate surface area is 233 Å². The van der Waals surface area contributed by atoms with Crippen LogP contribution in [0.15, 0.2) is 48.5 Å². The summed E-state index contributed by atoms with van der Waals surface area (Å²) in [7, 11) is -1.68. The lowest BCUT2D eigenvalue weighted by molar-refractivity contribution is -0.124. The third kappa shape index (κ3) is 11.2. The third-order valence-electron chi connectivity index (χ3n) is 6.23. The van der Waals surface area contributed by atoms with Crippen molar-refractivity contribution >= 4 is 34.0 Å². The Kier molecular flexibility index (Phi) is 13.3. The number of nitrogens with one attached hydrogen (secondary N) is 3. The molecule has 1 aliphatic heterocycles. The number of benzene rings is 2. The highest BCUT2D eigenvalue weighted by Crippen LogP contribution is 2.24. The van der Waals surface area contributed by atoms with Crippen LogP contribution in [0, 0.1) is 0 Å². The van der Waals surface area contributed by atoms with E-state index in [1.165, 1.54) is 5.56 Å². The van der Waals surface area contributed by atoms with Gasteiger partial charge in [0, 0.05) is 31.9 Å². The van der Waals surface area contributed by atoms with Crippen LogP contribution in [-0.4, -0.2) is 70.9 Å². The van der Waals surface area contributed by atoms with E-state index >= 15 is 0 Å². The first kappa shape index (κ1) is 31.8. The Morgan fingerprint density at radius 2 is 1.66 bits per heavy atom. The monoisotopic (exact) mass is 568 g/mol. The van der Waals surface area contributed by atoms with E-state index in [4.69, 9.17) is 9.47 Å². The van der Waals surface area contributed by atoms with Gasteiger partial charge < -0.3 is 20.1 Å². The average molecular weight is 569 g/mol. The molecule has 0 aromatic heterocycles. The number of carbonyl (C=O) groups is 1. The molecular weight excluding hydrogens is 528 g/mol. The fourth-order valence-corrected chi connectivity index (χ4v) is 4.85. The van der Waals surface area contributed by atoms with Gasteiger partial charge in [-0.05, 0) is 74.3 Å². The van der Waals surface area contributed by atoms with Gasteiger partial charge in [-0.25, -0.2) is 8.42 Å². The lowest BCUT2D eigenvalue weighted by atomic mass is 10.0. The molecule has 9 nitrogen and oxygen atoms in total. The molecule has 3 N–H and O–H groups in total. The Hall–Kier alpha value is -2.37. The number of hydrogen-bond acceptors (Lipinski definition) is 7. The largest absolute Gasteiger partial charge is 0.457 e. The van der Waals surface area contributed by atoms with E-state index in [1.54, 1.807) is 31.4 Å². The Balaban J connectivity index is 0.00000507. The summed E-state index contributed by atoms with van der Waals surface area (Å²) in [6.07, 6.45) is 5.11. The van der Waals surface area contributed by atoms with Gasteiger partial charge in [0.05, 0.1) is 12.9 Å². The first-order valence-electron chi connectivity index (χ1n) is 12.9. The van der Waals surface area contributed by atoms with Crippen LogP contribution >= 0.6 is 12.4 Å². The van der Waals surface area contributed by atoms with Gasteiger partial charge in [0.2, 0.25) is 15.9 Å². The fraction of sp³-hybridized carbons (Fsp3) is 0.519. The summed E-state index contributed by atoms with van der Waals surface area (Å²) in [5.74, 6) is 1.37. The van der Waals surface area contributed by atoms with Crippen molar-refractivity contribution in [1.82, 2.24) is 15.5 Å². The van der Waals surface area contributed by atoms with Crippen molar-refractivity contribution < 1.29 is 22.7 Å². The summed E-state index contributed by atoms with van der Waals surface area (Å²) in [6, 6.07) is 14.8. The summed E-state index contributed by atoms with van der Waals surface area (Å²) in [4.78, 5) is 14.9. The lowest BCUT2D eigenvalue weighted by Crippen LogP contribution is -2.53. The number of amides is 1. The van der Waals surface area contributed by atoms with Gasteiger partial charge >= 0.3 is 0 Å². The van der Waals surface area contributed by atoms with E-state index in [9.17, 15) is 13.2 Å². The summed E-state index contributed by atoms with van der Waals surface area (Å²) in [5, 5.41) is 6.50. The van der Waals surface area contributed by atoms with Crippen LogP contribution in [0.4, 0.5) is 5.69 Å². The first-order chi connectivity index (χ1) is 17.8. The molecule has 0 radical (unpaired) electrons. The molecule has 3 rings (SSSR count). The number of sulfonamides is 1. The van der Waals surface area contributed by atoms with Gasteiger partial charge in [-0.15, -0.1) is 12.4 Å². The molecule has 1 unspecified atom stereocenters. The van der Waals surface area contributed by atoms with Gasteiger partial charge in [0.15, 0.2) is 0 Å². The molecule has 0 bridgehead atoms. The average Bonchev–Trinajstić information content (AvgIpc) is 2.86. The van der Waals surface area contributed by atoms with Crippen LogP contribution in [0.25, 0.3) is 0 Å². The highest BCUT2D eigenvalue weighted by atomic mass is 35.5. The number of piperidine rings is 1. The Morgan fingerprint density at radius 3 is 2.21 bits per heavy atom. The minimum absolute atomic E-state index is 0. The van der Waals surface area contributed by atoms with E-state index in [0.29, 0.717) is 30.6 Å². The molecule has 38 heavy (non-hydrogen) atoms. The zero-order chi connectivity index (χ0) is 26.7. The normalized spacial score (nSPS) is 15.3. The van der Waals surface area contributed by atoms with Crippen molar-refractivity contribution in [3.05, 3.63) is 54.1 Å². The molecule has 0 saturated carbocycles. The molecule has 0 aliphatic carbocycles. The number of hydrogen-bond donors (Lipinski definition) is 3. The smallest absolute Gasteiger partial charge is 0.239 e. The minimum atomic E-state index is -3.30. The quantitative estimate of drug-likeness (QED) is 0.298. The molecule has 11 heteroatoms. The predicted octanol–water partition coefficient (Wildman–Crippen LogP) is 3.76. The molecule has 1 fully saturated rings. The van der Waals surface area contributed by atoms with E-state index < -0.39 is 10.0 Å². The molecule has 2 aromatic rings. The van der Waals surface area contributed by atoms with Gasteiger partial charge in [-0.3, -0.25) is 14.4 Å². The molecule has 1 saturated heterocycles. The number of methoxy groups -OCH3 is 1. The molecule has 2 aromatic carbocycles. The summed E-state index contributed by atoms with van der Waals surface area (Å²) in [6.45, 7) is 5.96. The second-order valence-corrected chi connectivity index (χ2v) is 11.3. The third-order valence-corrected chi connectivity index (χ3v) is 6.83. The van der Waals surface area contributed by atoms with Crippen molar-refractivity contribution in [2.24, 2.45) is 0 Å². The molecular formula is C27H41ClN4O5S. The van der Waals surface area contributed by atoms with Crippen molar-refractivity contribution in [3.63, 3.8) is 0 Å². The van der Waals surface area contributed by atoms with Gasteiger partial charge in [-0.1, -0.05) is 25.5 Å². The number of likely N-dealkylation sites (tertiary alicyclic amines) is 1. The Morgan fingerprint density at radius 1 is 1.05 bits per heavy atom. The fourth-order valence-electron chi connectivity index (χ4n) is 4.28. The highest BCUT2D eigenvalue weighted by molar-refractivity contribution is 7.92. The number of unbranched alkanes of at least 4 members (excludes halogenated alkanes) is 1. The first-order valence-corrected chi connectivity index (χ1v) is 14.7. The van der Waals surface area contributed by atoms with Gasteiger partial charge in [0.25, 0.3) is 0 Å². The SMILES string of the molecule is CCCCNC(=O)C(COC)NC1CCN(Cc2ccc(Oc3ccc(NS(C)(=O)=O)cc3)cc2)CC1.Cl. The molecule has 1 amide bonds. The van der Waals surface area contributed by atoms with Gasteiger partial charge in [0.1, 0.15) is 17.5 Å². The number of ether oxygens (including phenoxy) is 2. The van der Waals surface area contributed by atoms with E-state index in [1.807, 2.05) is 12.1 Å². The topological polar surface area (TPSA) is 109 Å². The Bertz CT molecular complexity index is 1080. The minimum Gasteiger partial charge on any atom is -0.457 e. The summed E-state index contributed by atoms with van der Waals surface area (Å²) >= 11 is 0. The molecule has 1 aliphatic rings. The number of anilines is 1. The van der Waals surface area contributed by atoms with Crippen LogP contribution in [0.1, 0.15) is 38.2 Å². The molecule has 1 atom stereocenters. The van der Waals surface area contributed by atoms with Gasteiger partial charge in [-0.2, -0.15) is 0 Å². The van der Waals surface area contributed by atoms with Crippen LogP contribution < -0.4 is 20.1 Å². The maximum Gasteiger partial charge on any atom is 0.239 e. The zero-order valence-corrected chi connectivity index (χ0v) is 24.1. The van der Waals surface area contributed by atoms with Crippen LogP contribution in [0.2, 0.25) is 0 Å². The van der Waals surface area contributed by atoms with E-state index in [0.717, 1.165) is 57.3 Å². The van der Waals surface area contributed by atoms with Crippen LogP contribution in [0.3, 0.4) is 0 Å². The maximum absolute atomic E-state index is 12.5. The van der Waals surface area contributed by atoms with E-state index in [2.05, 4.69) is 39.3 Å². The summed E-state index contributed by atoms with van der Waals surface area (Å²) in [5.41, 5.74) is 1.70. The van der Waals surface area contributed by atoms with Crippen molar-refractivity contribution in [1.29, 1.82) is 0 Å². The number of rotatable bonds is 14. The van der Waals surface area contributed by atoms with Crippen molar-refractivity contribution in [2.75, 3.05) is 44.3 Å².